The number of anilines is 1. The molecule has 0 saturated heterocycles. The molecule has 3 nitrogen and oxygen atoms in total. The summed E-state index contributed by atoms with van der Waals surface area (Å²) in [5.74, 6) is 0. The molecular weight excluding hydrogens is 289 g/mol. The molecular formula is C13H15F3N2OS. The van der Waals surface area contributed by atoms with Crippen molar-refractivity contribution in [1.29, 1.82) is 5.26 Å². The van der Waals surface area contributed by atoms with Gasteiger partial charge in [0.05, 0.1) is 23.8 Å². The molecule has 0 spiro atoms. The van der Waals surface area contributed by atoms with Gasteiger partial charge in [-0.15, -0.1) is 0 Å². The Balaban J connectivity index is 2.98. The fraction of sp³-hybridized carbons (Fsp3) is 0.462. The SMILES string of the molecule is CSC(CO)C(C)Nc1ccc(C(F)(F)F)c(C#N)c1. The van der Waals surface area contributed by atoms with Crippen LogP contribution in [0.25, 0.3) is 0 Å². The summed E-state index contributed by atoms with van der Waals surface area (Å²) in [6.07, 6.45) is -2.70. The number of nitrogens with zero attached hydrogens (tertiary/aromatic N) is 1. The van der Waals surface area contributed by atoms with E-state index >= 15 is 0 Å². The van der Waals surface area contributed by atoms with E-state index in [0.29, 0.717) is 5.69 Å². The maximum absolute atomic E-state index is 12.7. The zero-order valence-corrected chi connectivity index (χ0v) is 11.8. The molecule has 0 radical (unpaired) electrons. The van der Waals surface area contributed by atoms with E-state index in [1.165, 1.54) is 23.9 Å². The number of halogens is 3. The van der Waals surface area contributed by atoms with Gasteiger partial charge in [0.1, 0.15) is 0 Å². The maximum Gasteiger partial charge on any atom is 0.417 e. The largest absolute Gasteiger partial charge is 0.417 e. The number of alkyl halides is 3. The third kappa shape index (κ3) is 4.05. The first-order valence-corrected chi connectivity index (χ1v) is 7.13. The summed E-state index contributed by atoms with van der Waals surface area (Å²) >= 11 is 1.46. The molecule has 0 aromatic heterocycles. The first kappa shape index (κ1) is 16.7. The molecule has 2 unspecified atom stereocenters. The van der Waals surface area contributed by atoms with Gasteiger partial charge in [0.2, 0.25) is 0 Å². The smallest absolute Gasteiger partial charge is 0.395 e. The molecule has 1 rings (SSSR count). The molecule has 0 bridgehead atoms. The maximum atomic E-state index is 12.7. The van der Waals surface area contributed by atoms with Crippen LogP contribution in [0.4, 0.5) is 18.9 Å². The van der Waals surface area contributed by atoms with Crippen molar-refractivity contribution < 1.29 is 18.3 Å². The van der Waals surface area contributed by atoms with Gasteiger partial charge < -0.3 is 10.4 Å². The summed E-state index contributed by atoms with van der Waals surface area (Å²) in [5, 5.41) is 20.9. The quantitative estimate of drug-likeness (QED) is 0.877. The molecule has 0 heterocycles. The van der Waals surface area contributed by atoms with Crippen LogP contribution in [-0.2, 0) is 6.18 Å². The van der Waals surface area contributed by atoms with E-state index < -0.39 is 17.3 Å². The highest BCUT2D eigenvalue weighted by atomic mass is 32.2. The Morgan fingerprint density at radius 1 is 1.45 bits per heavy atom. The molecule has 0 aliphatic rings. The first-order chi connectivity index (χ1) is 9.33. The molecule has 0 saturated carbocycles. The number of benzene rings is 1. The van der Waals surface area contributed by atoms with Crippen LogP contribution in [0.1, 0.15) is 18.1 Å². The van der Waals surface area contributed by atoms with Crippen molar-refractivity contribution in [3.05, 3.63) is 29.3 Å². The van der Waals surface area contributed by atoms with Crippen LogP contribution >= 0.6 is 11.8 Å². The minimum atomic E-state index is -4.54. The normalized spacial score (nSPS) is 14.4. The van der Waals surface area contributed by atoms with Gasteiger partial charge in [-0.05, 0) is 31.4 Å². The molecule has 20 heavy (non-hydrogen) atoms. The van der Waals surface area contributed by atoms with Crippen LogP contribution in [0.15, 0.2) is 18.2 Å². The predicted octanol–water partition coefficient (Wildman–Crippen LogP) is 3.10. The highest BCUT2D eigenvalue weighted by molar-refractivity contribution is 7.99. The van der Waals surface area contributed by atoms with E-state index in [1.54, 1.807) is 6.07 Å². The van der Waals surface area contributed by atoms with Crippen LogP contribution < -0.4 is 5.32 Å². The molecule has 0 amide bonds. The van der Waals surface area contributed by atoms with Gasteiger partial charge in [0.15, 0.2) is 0 Å². The summed E-state index contributed by atoms with van der Waals surface area (Å²) in [7, 11) is 0. The van der Waals surface area contributed by atoms with E-state index in [1.807, 2.05) is 13.2 Å². The topological polar surface area (TPSA) is 56.0 Å². The van der Waals surface area contributed by atoms with E-state index in [-0.39, 0.29) is 17.9 Å². The third-order valence-corrected chi connectivity index (χ3v) is 4.04. The molecule has 0 aliphatic heterocycles. The standard InChI is InChI=1S/C13H15F3N2OS/c1-8(12(7-19)20-2)18-10-3-4-11(13(14,15)16)9(5-10)6-17/h3-5,8,12,18-19H,7H2,1-2H3. The van der Waals surface area contributed by atoms with Gasteiger partial charge in [-0.25, -0.2) is 0 Å². The molecule has 0 fully saturated rings. The lowest BCUT2D eigenvalue weighted by Gasteiger charge is -2.22. The molecule has 7 heteroatoms. The van der Waals surface area contributed by atoms with E-state index in [4.69, 9.17) is 10.4 Å². The second kappa shape index (κ2) is 6.86. The number of hydrogen-bond acceptors (Lipinski definition) is 4. The van der Waals surface area contributed by atoms with Gasteiger partial charge in [-0.1, -0.05) is 0 Å². The van der Waals surface area contributed by atoms with Crippen LogP contribution in [0.2, 0.25) is 0 Å². The van der Waals surface area contributed by atoms with E-state index in [2.05, 4.69) is 5.32 Å². The fourth-order valence-corrected chi connectivity index (χ4v) is 2.39. The summed E-state index contributed by atoms with van der Waals surface area (Å²) < 4.78 is 38.0. The summed E-state index contributed by atoms with van der Waals surface area (Å²) in [5.41, 5.74) is -0.935. The van der Waals surface area contributed by atoms with Crippen LogP contribution in [0, 0.1) is 11.3 Å². The van der Waals surface area contributed by atoms with Gasteiger partial charge >= 0.3 is 6.18 Å². The van der Waals surface area contributed by atoms with Crippen molar-refractivity contribution in [3.8, 4) is 6.07 Å². The Hall–Kier alpha value is -1.39. The van der Waals surface area contributed by atoms with Gasteiger partial charge in [-0.2, -0.15) is 30.2 Å². The number of aliphatic hydroxyl groups is 1. The van der Waals surface area contributed by atoms with Crippen molar-refractivity contribution in [2.24, 2.45) is 0 Å². The van der Waals surface area contributed by atoms with Crippen molar-refractivity contribution >= 4 is 17.4 Å². The summed E-state index contributed by atoms with van der Waals surface area (Å²) in [6.45, 7) is 1.78. The summed E-state index contributed by atoms with van der Waals surface area (Å²) in [4.78, 5) is 0. The number of nitrogens with one attached hydrogen (secondary N) is 1. The van der Waals surface area contributed by atoms with Crippen molar-refractivity contribution in [2.75, 3.05) is 18.2 Å². The molecule has 1 aromatic rings. The Morgan fingerprint density at radius 3 is 2.55 bits per heavy atom. The Kier molecular flexibility index (Phi) is 5.72. The average Bonchev–Trinajstić information content (AvgIpc) is 2.38. The average molecular weight is 304 g/mol. The number of aliphatic hydroxyl groups excluding tert-OH is 1. The number of hydrogen-bond donors (Lipinski definition) is 2. The Bertz CT molecular complexity index is 495. The van der Waals surface area contributed by atoms with Crippen molar-refractivity contribution in [1.82, 2.24) is 0 Å². The van der Waals surface area contributed by atoms with Crippen molar-refractivity contribution in [3.63, 3.8) is 0 Å². The minimum absolute atomic E-state index is 0.0406. The lowest BCUT2D eigenvalue weighted by atomic mass is 10.1. The van der Waals surface area contributed by atoms with Crippen LogP contribution in [0.3, 0.4) is 0 Å². The van der Waals surface area contributed by atoms with Gasteiger partial charge in [0, 0.05) is 17.0 Å². The van der Waals surface area contributed by atoms with Crippen LogP contribution in [-0.4, -0.2) is 29.3 Å². The molecule has 2 N–H and O–H groups in total. The second-order valence-electron chi connectivity index (χ2n) is 4.26. The second-order valence-corrected chi connectivity index (χ2v) is 5.34. The first-order valence-electron chi connectivity index (χ1n) is 5.85. The highest BCUT2D eigenvalue weighted by Gasteiger charge is 2.33. The van der Waals surface area contributed by atoms with E-state index in [0.717, 1.165) is 6.07 Å². The zero-order chi connectivity index (χ0) is 15.3. The van der Waals surface area contributed by atoms with Gasteiger partial charge in [0.25, 0.3) is 0 Å². The van der Waals surface area contributed by atoms with Crippen molar-refractivity contribution in [2.45, 2.75) is 24.4 Å². The predicted molar refractivity (Wildman–Crippen MR) is 73.6 cm³/mol. The third-order valence-electron chi connectivity index (χ3n) is 2.88. The number of nitriles is 1. The number of thioether (sulfide) groups is 1. The molecule has 110 valence electrons. The Morgan fingerprint density at radius 2 is 2.10 bits per heavy atom. The molecule has 2 atom stereocenters. The molecule has 0 aliphatic carbocycles. The van der Waals surface area contributed by atoms with Gasteiger partial charge in [-0.3, -0.25) is 0 Å². The van der Waals surface area contributed by atoms with E-state index in [9.17, 15) is 13.2 Å². The summed E-state index contributed by atoms with van der Waals surface area (Å²) in [6, 6.07) is 4.77. The number of rotatable bonds is 5. The minimum Gasteiger partial charge on any atom is -0.395 e. The Labute approximate surface area is 119 Å². The highest BCUT2D eigenvalue weighted by Crippen LogP contribution is 2.33. The zero-order valence-electron chi connectivity index (χ0n) is 11.0. The fourth-order valence-electron chi connectivity index (χ4n) is 1.77. The molecule has 1 aromatic carbocycles. The van der Waals surface area contributed by atoms with Crippen LogP contribution in [0.5, 0.6) is 0 Å². The monoisotopic (exact) mass is 304 g/mol. The lowest BCUT2D eigenvalue weighted by Crippen LogP contribution is -2.31. The lowest BCUT2D eigenvalue weighted by molar-refractivity contribution is -0.137.